The number of amides is 1. The van der Waals surface area contributed by atoms with Crippen molar-refractivity contribution in [3.8, 4) is 0 Å². The van der Waals surface area contributed by atoms with Crippen molar-refractivity contribution in [2.75, 3.05) is 19.7 Å². The maximum atomic E-state index is 12.5. The molecular formula is C18H29N3O2. The molecule has 0 unspecified atom stereocenters. The summed E-state index contributed by atoms with van der Waals surface area (Å²) in [5.74, 6) is 0.188. The Balaban J connectivity index is 1.85. The lowest BCUT2D eigenvalue weighted by atomic mass is 9.77. The largest absolute Gasteiger partial charge is 0.396 e. The van der Waals surface area contributed by atoms with Crippen molar-refractivity contribution in [2.45, 2.75) is 52.5 Å². The maximum absolute atomic E-state index is 12.5. The van der Waals surface area contributed by atoms with Crippen LogP contribution in [-0.4, -0.2) is 45.4 Å². The van der Waals surface area contributed by atoms with Crippen LogP contribution in [0.1, 0.15) is 43.5 Å². The van der Waals surface area contributed by atoms with Crippen LogP contribution >= 0.6 is 0 Å². The van der Waals surface area contributed by atoms with Crippen molar-refractivity contribution in [3.63, 3.8) is 0 Å². The second-order valence-corrected chi connectivity index (χ2v) is 6.82. The first-order chi connectivity index (χ1) is 11.0. The summed E-state index contributed by atoms with van der Waals surface area (Å²) < 4.78 is 1.97. The van der Waals surface area contributed by atoms with E-state index in [2.05, 4.69) is 17.7 Å². The Bertz CT molecular complexity index is 552. The normalized spacial score (nSPS) is 21.4. The van der Waals surface area contributed by atoms with Gasteiger partial charge in [-0.3, -0.25) is 9.48 Å². The summed E-state index contributed by atoms with van der Waals surface area (Å²) >= 11 is 0. The van der Waals surface area contributed by atoms with E-state index in [1.165, 1.54) is 0 Å². The molecule has 128 valence electrons. The molecular weight excluding hydrogens is 290 g/mol. The van der Waals surface area contributed by atoms with Crippen molar-refractivity contribution in [1.82, 2.24) is 14.7 Å². The van der Waals surface area contributed by atoms with Gasteiger partial charge in [0.1, 0.15) is 0 Å². The molecule has 0 aliphatic carbocycles. The van der Waals surface area contributed by atoms with Crippen LogP contribution in [0.25, 0.3) is 0 Å². The molecule has 1 aromatic rings. The average Bonchev–Trinajstić information content (AvgIpc) is 2.85. The van der Waals surface area contributed by atoms with Gasteiger partial charge in [0.15, 0.2) is 0 Å². The van der Waals surface area contributed by atoms with Crippen LogP contribution in [0.15, 0.2) is 18.7 Å². The molecule has 1 aliphatic heterocycles. The molecule has 0 aromatic carbocycles. The predicted molar refractivity (Wildman–Crippen MR) is 91.1 cm³/mol. The SMILES string of the molecule is C=CC[C@]1(CO)CCCN(C(=O)CCCn2nc(C)cc2C)C1. The van der Waals surface area contributed by atoms with Crippen molar-refractivity contribution >= 4 is 5.91 Å². The van der Waals surface area contributed by atoms with E-state index in [-0.39, 0.29) is 17.9 Å². The quantitative estimate of drug-likeness (QED) is 0.785. The van der Waals surface area contributed by atoms with Gasteiger partial charge in [0.2, 0.25) is 5.91 Å². The Morgan fingerprint density at radius 3 is 2.91 bits per heavy atom. The van der Waals surface area contributed by atoms with Gasteiger partial charge in [0.05, 0.1) is 12.3 Å². The molecule has 5 nitrogen and oxygen atoms in total. The van der Waals surface area contributed by atoms with Crippen LogP contribution in [-0.2, 0) is 11.3 Å². The molecule has 0 radical (unpaired) electrons. The van der Waals surface area contributed by atoms with Crippen LogP contribution in [0.5, 0.6) is 0 Å². The molecule has 1 atom stereocenters. The molecule has 23 heavy (non-hydrogen) atoms. The van der Waals surface area contributed by atoms with E-state index in [1.54, 1.807) is 0 Å². The molecule has 0 spiro atoms. The van der Waals surface area contributed by atoms with Gasteiger partial charge in [0.25, 0.3) is 0 Å². The van der Waals surface area contributed by atoms with Gasteiger partial charge in [-0.05, 0) is 45.6 Å². The number of carbonyl (C=O) groups excluding carboxylic acids is 1. The second kappa shape index (κ2) is 7.77. The Morgan fingerprint density at radius 2 is 2.30 bits per heavy atom. The number of rotatable bonds is 7. The van der Waals surface area contributed by atoms with E-state index >= 15 is 0 Å². The summed E-state index contributed by atoms with van der Waals surface area (Å²) in [6.07, 6.45) is 5.87. The number of aromatic nitrogens is 2. The number of carbonyl (C=O) groups is 1. The zero-order chi connectivity index (χ0) is 16.9. The van der Waals surface area contributed by atoms with E-state index in [1.807, 2.05) is 29.5 Å². The maximum Gasteiger partial charge on any atom is 0.222 e. The first-order valence-corrected chi connectivity index (χ1v) is 8.50. The van der Waals surface area contributed by atoms with Crippen molar-refractivity contribution in [1.29, 1.82) is 0 Å². The molecule has 1 amide bonds. The van der Waals surface area contributed by atoms with Crippen LogP contribution in [0.3, 0.4) is 0 Å². The summed E-state index contributed by atoms with van der Waals surface area (Å²) in [5.41, 5.74) is 1.96. The van der Waals surface area contributed by atoms with Crippen LogP contribution in [0, 0.1) is 19.3 Å². The minimum atomic E-state index is -0.189. The van der Waals surface area contributed by atoms with Gasteiger partial charge in [-0.2, -0.15) is 5.10 Å². The Morgan fingerprint density at radius 1 is 1.52 bits per heavy atom. The van der Waals surface area contributed by atoms with Crippen molar-refractivity contribution < 1.29 is 9.90 Å². The second-order valence-electron chi connectivity index (χ2n) is 6.82. The molecule has 2 rings (SSSR count). The zero-order valence-electron chi connectivity index (χ0n) is 14.4. The number of likely N-dealkylation sites (tertiary alicyclic amines) is 1. The van der Waals surface area contributed by atoms with E-state index in [0.717, 1.165) is 50.2 Å². The van der Waals surface area contributed by atoms with Gasteiger partial charge in [-0.25, -0.2) is 0 Å². The molecule has 1 N–H and O–H groups in total. The van der Waals surface area contributed by atoms with Crippen molar-refractivity contribution in [3.05, 3.63) is 30.1 Å². The minimum Gasteiger partial charge on any atom is -0.396 e. The molecule has 0 saturated carbocycles. The molecule has 2 heterocycles. The lowest BCUT2D eigenvalue weighted by Crippen LogP contribution is -2.47. The third kappa shape index (κ3) is 4.44. The third-order valence-corrected chi connectivity index (χ3v) is 4.79. The molecule has 1 aliphatic rings. The summed E-state index contributed by atoms with van der Waals surface area (Å²) in [6, 6.07) is 2.05. The summed E-state index contributed by atoms with van der Waals surface area (Å²) in [6.45, 7) is 10.2. The van der Waals surface area contributed by atoms with E-state index in [4.69, 9.17) is 0 Å². The topological polar surface area (TPSA) is 58.4 Å². The third-order valence-electron chi connectivity index (χ3n) is 4.79. The van der Waals surface area contributed by atoms with Gasteiger partial charge < -0.3 is 10.0 Å². The Kier molecular flexibility index (Phi) is 5.99. The fraction of sp³-hybridized carbons (Fsp3) is 0.667. The number of aliphatic hydroxyl groups excluding tert-OH is 1. The number of piperidine rings is 1. The van der Waals surface area contributed by atoms with Crippen LogP contribution in [0.2, 0.25) is 0 Å². The monoisotopic (exact) mass is 319 g/mol. The fourth-order valence-electron chi connectivity index (χ4n) is 3.53. The first-order valence-electron chi connectivity index (χ1n) is 8.50. The Labute approximate surface area is 139 Å². The smallest absolute Gasteiger partial charge is 0.222 e. The highest BCUT2D eigenvalue weighted by Crippen LogP contribution is 2.33. The molecule has 1 fully saturated rings. The number of aliphatic hydroxyl groups is 1. The number of hydrogen-bond donors (Lipinski definition) is 1. The number of hydrogen-bond acceptors (Lipinski definition) is 3. The lowest BCUT2D eigenvalue weighted by Gasteiger charge is -2.41. The van der Waals surface area contributed by atoms with Gasteiger partial charge in [-0.15, -0.1) is 6.58 Å². The first kappa shape index (κ1) is 17.7. The molecule has 5 heteroatoms. The highest BCUT2D eigenvalue weighted by Gasteiger charge is 2.35. The predicted octanol–water partition coefficient (Wildman–Crippen LogP) is 2.46. The number of aryl methyl sites for hydroxylation is 3. The molecule has 1 aromatic heterocycles. The minimum absolute atomic E-state index is 0.120. The average molecular weight is 319 g/mol. The molecule has 1 saturated heterocycles. The van der Waals surface area contributed by atoms with Crippen LogP contribution < -0.4 is 0 Å². The summed E-state index contributed by atoms with van der Waals surface area (Å²) in [5, 5.41) is 14.2. The van der Waals surface area contributed by atoms with E-state index < -0.39 is 0 Å². The van der Waals surface area contributed by atoms with Gasteiger partial charge in [0, 0.05) is 37.2 Å². The standard InChI is InChI=1S/C18H29N3O2/c1-4-8-18(14-22)9-6-10-20(13-18)17(23)7-5-11-21-16(3)12-15(2)19-21/h4,12,22H,1,5-11,13-14H2,2-3H3/t18-/m0/s1. The van der Waals surface area contributed by atoms with Crippen molar-refractivity contribution in [2.24, 2.45) is 5.41 Å². The fourth-order valence-corrected chi connectivity index (χ4v) is 3.53. The zero-order valence-corrected chi connectivity index (χ0v) is 14.4. The highest BCUT2D eigenvalue weighted by molar-refractivity contribution is 5.76. The van der Waals surface area contributed by atoms with Gasteiger partial charge >= 0.3 is 0 Å². The number of nitrogens with zero attached hydrogens (tertiary/aromatic N) is 3. The van der Waals surface area contributed by atoms with Crippen LogP contribution in [0.4, 0.5) is 0 Å². The van der Waals surface area contributed by atoms with E-state index in [0.29, 0.717) is 13.0 Å². The number of allylic oxidation sites excluding steroid dienone is 1. The Hall–Kier alpha value is -1.62. The summed E-state index contributed by atoms with van der Waals surface area (Å²) in [7, 11) is 0. The molecule has 0 bridgehead atoms. The lowest BCUT2D eigenvalue weighted by molar-refractivity contribution is -0.135. The highest BCUT2D eigenvalue weighted by atomic mass is 16.3. The summed E-state index contributed by atoms with van der Waals surface area (Å²) in [4.78, 5) is 14.4. The van der Waals surface area contributed by atoms with E-state index in [9.17, 15) is 9.90 Å². The van der Waals surface area contributed by atoms with Gasteiger partial charge in [-0.1, -0.05) is 6.08 Å².